The Labute approximate surface area is 202 Å². The zero-order valence-electron chi connectivity index (χ0n) is 20.3. The number of amidine groups is 1. The number of hydrogen-bond acceptors (Lipinski definition) is 8. The third kappa shape index (κ3) is 4.80. The molecule has 0 bridgehead atoms. The van der Waals surface area contributed by atoms with Gasteiger partial charge in [-0.15, -0.1) is 0 Å². The summed E-state index contributed by atoms with van der Waals surface area (Å²) in [5, 5.41) is 6.72. The molecule has 0 aromatic carbocycles. The molecule has 1 atom stereocenters. The fraction of sp³-hybridized carbons (Fsp3) is 0.600. The molecule has 5 rings (SSSR count). The van der Waals surface area contributed by atoms with Crippen LogP contribution in [0.25, 0.3) is 0 Å². The Hall–Kier alpha value is -2.94. The van der Waals surface area contributed by atoms with Crippen LogP contribution in [0.2, 0.25) is 0 Å². The summed E-state index contributed by atoms with van der Waals surface area (Å²) in [5.41, 5.74) is 1.91. The van der Waals surface area contributed by atoms with E-state index in [-0.39, 0.29) is 11.8 Å². The quantitative estimate of drug-likeness (QED) is 0.711. The van der Waals surface area contributed by atoms with Crippen molar-refractivity contribution in [2.24, 2.45) is 15.9 Å². The van der Waals surface area contributed by atoms with Gasteiger partial charge in [0.2, 0.25) is 5.96 Å². The van der Waals surface area contributed by atoms with Crippen molar-refractivity contribution in [3.63, 3.8) is 0 Å². The fourth-order valence-corrected chi connectivity index (χ4v) is 5.36. The van der Waals surface area contributed by atoms with Gasteiger partial charge >= 0.3 is 0 Å². The summed E-state index contributed by atoms with van der Waals surface area (Å²) in [7, 11) is 3.64. The first-order valence-corrected chi connectivity index (χ1v) is 12.6. The van der Waals surface area contributed by atoms with Crippen molar-refractivity contribution in [3.05, 3.63) is 30.1 Å². The normalized spacial score (nSPS) is 23.5. The largest absolute Gasteiger partial charge is 0.368 e. The van der Waals surface area contributed by atoms with Crippen molar-refractivity contribution >= 4 is 29.2 Å². The van der Waals surface area contributed by atoms with Gasteiger partial charge in [-0.2, -0.15) is 4.99 Å². The van der Waals surface area contributed by atoms with Gasteiger partial charge in [-0.1, -0.05) is 18.9 Å². The number of carbonyl (C=O) groups is 1. The lowest BCUT2D eigenvalue weighted by molar-refractivity contribution is -0.126. The average Bonchev–Trinajstić information content (AvgIpc) is 3.31. The second-order valence-electron chi connectivity index (χ2n) is 9.76. The fourth-order valence-electron chi connectivity index (χ4n) is 5.36. The number of piperazine rings is 1. The molecule has 1 saturated carbocycles. The van der Waals surface area contributed by atoms with Gasteiger partial charge in [-0.25, -0.2) is 4.98 Å². The molecule has 4 aliphatic rings. The highest BCUT2D eigenvalue weighted by Gasteiger charge is 2.38. The monoisotopic (exact) mass is 464 g/mol. The van der Waals surface area contributed by atoms with Crippen LogP contribution in [0.3, 0.4) is 0 Å². The minimum absolute atomic E-state index is 0.0499. The summed E-state index contributed by atoms with van der Waals surface area (Å²) in [6, 6.07) is 4.43. The van der Waals surface area contributed by atoms with Crippen molar-refractivity contribution in [2.75, 3.05) is 57.0 Å². The van der Waals surface area contributed by atoms with Crippen LogP contribution in [0.15, 0.2) is 40.1 Å². The zero-order valence-corrected chi connectivity index (χ0v) is 20.3. The molecule has 4 heterocycles. The van der Waals surface area contributed by atoms with E-state index >= 15 is 0 Å². The van der Waals surface area contributed by atoms with E-state index in [1.165, 1.54) is 12.8 Å². The van der Waals surface area contributed by atoms with E-state index in [0.717, 1.165) is 74.9 Å². The van der Waals surface area contributed by atoms with Crippen molar-refractivity contribution in [3.8, 4) is 0 Å². The Bertz CT molecular complexity index is 971. The molecule has 9 nitrogen and oxygen atoms in total. The number of carbonyl (C=O) groups excluding carboxylic acids is 1. The molecule has 1 aromatic rings. The van der Waals surface area contributed by atoms with Gasteiger partial charge in [0.1, 0.15) is 17.4 Å². The standard InChI is InChI=1S/C25H36N8O/c1-31(2)24(34)21-9-7-18-11-12-27-25(30-23(18)33(21)19-5-3-4-6-19)29-22-10-8-20(17-28-22)32-15-13-26-14-16-32/h8-10,17-19,26H,3-7,11-16H2,1-2H3,(H,27,28,29). The van der Waals surface area contributed by atoms with Crippen LogP contribution < -0.4 is 15.5 Å². The van der Waals surface area contributed by atoms with Crippen LogP contribution in [0.5, 0.6) is 0 Å². The summed E-state index contributed by atoms with van der Waals surface area (Å²) in [5.74, 6) is 2.64. The van der Waals surface area contributed by atoms with Gasteiger partial charge in [0, 0.05) is 58.8 Å². The highest BCUT2D eigenvalue weighted by Crippen LogP contribution is 2.34. The minimum Gasteiger partial charge on any atom is -0.368 e. The Morgan fingerprint density at radius 1 is 1.15 bits per heavy atom. The zero-order chi connectivity index (χ0) is 23.5. The predicted octanol–water partition coefficient (Wildman–Crippen LogP) is 2.30. The first kappa shape index (κ1) is 22.8. The SMILES string of the molecule is CN(C)C(=O)C1=CCC2CCN=C(Nc3ccc(N4CCNCC4)cn3)N=C2N1C1CCCC1. The number of aliphatic imine (C=N–C) groups is 2. The second-order valence-corrected chi connectivity index (χ2v) is 9.76. The highest BCUT2D eigenvalue weighted by atomic mass is 16.2. The molecular weight excluding hydrogens is 428 g/mol. The Balaban J connectivity index is 1.38. The molecule has 1 unspecified atom stereocenters. The van der Waals surface area contributed by atoms with Crippen molar-refractivity contribution in [2.45, 2.75) is 44.6 Å². The van der Waals surface area contributed by atoms with Gasteiger partial charge in [0.25, 0.3) is 5.91 Å². The van der Waals surface area contributed by atoms with Crippen LogP contribution in [0.4, 0.5) is 11.5 Å². The van der Waals surface area contributed by atoms with E-state index in [1.54, 1.807) is 4.90 Å². The first-order chi connectivity index (χ1) is 16.6. The van der Waals surface area contributed by atoms with E-state index < -0.39 is 0 Å². The van der Waals surface area contributed by atoms with E-state index in [1.807, 2.05) is 26.4 Å². The number of allylic oxidation sites excluding steroid dienone is 1. The average molecular weight is 465 g/mol. The molecule has 1 aliphatic carbocycles. The minimum atomic E-state index is 0.0499. The smallest absolute Gasteiger partial charge is 0.269 e. The van der Waals surface area contributed by atoms with Gasteiger partial charge < -0.3 is 25.3 Å². The van der Waals surface area contributed by atoms with E-state index in [2.05, 4.69) is 37.6 Å². The molecule has 1 aromatic heterocycles. The summed E-state index contributed by atoms with van der Waals surface area (Å²) in [6.07, 6.45) is 10.4. The van der Waals surface area contributed by atoms with Crippen LogP contribution in [0.1, 0.15) is 38.5 Å². The molecule has 0 radical (unpaired) electrons. The predicted molar refractivity (Wildman–Crippen MR) is 136 cm³/mol. The Kier molecular flexibility index (Phi) is 6.80. The third-order valence-corrected chi connectivity index (χ3v) is 7.21. The molecule has 2 N–H and O–H groups in total. The Morgan fingerprint density at radius 3 is 2.65 bits per heavy atom. The molecule has 34 heavy (non-hydrogen) atoms. The summed E-state index contributed by atoms with van der Waals surface area (Å²) in [6.45, 7) is 4.70. The third-order valence-electron chi connectivity index (χ3n) is 7.21. The van der Waals surface area contributed by atoms with Gasteiger partial charge in [-0.05, 0) is 37.8 Å². The van der Waals surface area contributed by atoms with Crippen molar-refractivity contribution in [1.82, 2.24) is 20.1 Å². The first-order valence-electron chi connectivity index (χ1n) is 12.6. The summed E-state index contributed by atoms with van der Waals surface area (Å²) < 4.78 is 0. The molecular formula is C25H36N8O. The van der Waals surface area contributed by atoms with Gasteiger partial charge in [-0.3, -0.25) is 9.79 Å². The number of nitrogens with zero attached hydrogens (tertiary/aromatic N) is 6. The lowest BCUT2D eigenvalue weighted by atomic mass is 9.92. The molecule has 182 valence electrons. The van der Waals surface area contributed by atoms with Gasteiger partial charge in [0.15, 0.2) is 0 Å². The number of hydrogen-bond donors (Lipinski definition) is 2. The lowest BCUT2D eigenvalue weighted by Gasteiger charge is -2.39. The number of likely N-dealkylation sites (N-methyl/N-ethyl adjacent to an activating group) is 1. The number of amides is 1. The molecule has 1 saturated heterocycles. The molecule has 1 amide bonds. The van der Waals surface area contributed by atoms with Crippen LogP contribution in [0, 0.1) is 5.92 Å². The number of guanidine groups is 1. The maximum absolute atomic E-state index is 13.1. The van der Waals surface area contributed by atoms with Crippen LogP contribution in [-0.4, -0.2) is 85.3 Å². The van der Waals surface area contributed by atoms with E-state index in [4.69, 9.17) is 9.98 Å². The number of pyridine rings is 1. The van der Waals surface area contributed by atoms with Crippen LogP contribution in [-0.2, 0) is 4.79 Å². The number of anilines is 2. The maximum Gasteiger partial charge on any atom is 0.269 e. The number of fused-ring (bicyclic) bond motifs is 1. The summed E-state index contributed by atoms with van der Waals surface area (Å²) >= 11 is 0. The molecule has 0 spiro atoms. The highest BCUT2D eigenvalue weighted by molar-refractivity contribution is 6.07. The maximum atomic E-state index is 13.1. The second kappa shape index (κ2) is 10.1. The number of rotatable bonds is 4. The van der Waals surface area contributed by atoms with Crippen molar-refractivity contribution in [1.29, 1.82) is 0 Å². The molecule has 9 heteroatoms. The number of aromatic nitrogens is 1. The topological polar surface area (TPSA) is 88.5 Å². The van der Waals surface area contributed by atoms with Gasteiger partial charge in [0.05, 0.1) is 11.9 Å². The molecule has 3 aliphatic heterocycles. The van der Waals surface area contributed by atoms with Crippen LogP contribution >= 0.6 is 0 Å². The Morgan fingerprint density at radius 2 is 1.94 bits per heavy atom. The van der Waals surface area contributed by atoms with E-state index in [9.17, 15) is 4.79 Å². The summed E-state index contributed by atoms with van der Waals surface area (Å²) in [4.78, 5) is 33.7. The number of nitrogens with one attached hydrogen (secondary N) is 2. The van der Waals surface area contributed by atoms with Crippen molar-refractivity contribution < 1.29 is 4.79 Å². The lowest BCUT2D eigenvalue weighted by Crippen LogP contribution is -2.48. The van der Waals surface area contributed by atoms with E-state index in [0.29, 0.717) is 18.5 Å². The molecule has 2 fully saturated rings.